The van der Waals surface area contributed by atoms with Gasteiger partial charge in [-0.2, -0.15) is 5.10 Å². The summed E-state index contributed by atoms with van der Waals surface area (Å²) in [6.45, 7) is 1.36. The van der Waals surface area contributed by atoms with E-state index in [0.717, 1.165) is 32.2 Å². The van der Waals surface area contributed by atoms with E-state index in [4.69, 9.17) is 6.42 Å². The molecule has 38 heavy (non-hydrogen) atoms. The van der Waals surface area contributed by atoms with Crippen molar-refractivity contribution in [2.75, 3.05) is 45.3 Å². The molecule has 0 bridgehead atoms. The zero-order valence-electron chi connectivity index (χ0n) is 22.6. The highest BCUT2D eigenvalue weighted by Crippen LogP contribution is 2.49. The first kappa shape index (κ1) is 26.6. The number of amides is 3. The average molecular weight is 535 g/mol. The fraction of sp³-hybridized carbons (Fsp3) is 0.552. The number of hydrogen-bond donors (Lipinski definition) is 2. The number of carbonyl (C=O) groups excluding carboxylic acids is 2. The molecule has 3 fully saturated rings. The van der Waals surface area contributed by atoms with Gasteiger partial charge in [0.15, 0.2) is 0 Å². The van der Waals surface area contributed by atoms with E-state index in [2.05, 4.69) is 75.7 Å². The normalized spacial score (nSPS) is 25.6. The molecule has 0 radical (unpaired) electrons. The van der Waals surface area contributed by atoms with E-state index in [1.807, 2.05) is 6.26 Å². The zero-order chi connectivity index (χ0) is 26.9. The smallest absolute Gasteiger partial charge is 0.317 e. The van der Waals surface area contributed by atoms with Crippen molar-refractivity contribution in [3.63, 3.8) is 0 Å². The summed E-state index contributed by atoms with van der Waals surface area (Å²) in [5.74, 6) is 3.30. The third kappa shape index (κ3) is 4.69. The Morgan fingerprint density at radius 2 is 1.95 bits per heavy atom. The van der Waals surface area contributed by atoms with Gasteiger partial charge in [0.05, 0.1) is 5.54 Å². The molecule has 3 amide bonds. The fourth-order valence-electron chi connectivity index (χ4n) is 6.56. The maximum absolute atomic E-state index is 13.8. The Morgan fingerprint density at radius 1 is 1.24 bits per heavy atom. The molecule has 5 rings (SSSR count). The number of nitrogens with zero attached hydrogens (tertiary/aromatic N) is 4. The highest BCUT2D eigenvalue weighted by atomic mass is 32.2. The number of aromatic amines is 1. The summed E-state index contributed by atoms with van der Waals surface area (Å²) in [4.78, 5) is 33.1. The van der Waals surface area contributed by atoms with Crippen LogP contribution in [0.4, 0.5) is 10.6 Å². The third-order valence-electron chi connectivity index (χ3n) is 9.07. The maximum Gasteiger partial charge on any atom is 0.321 e. The minimum Gasteiger partial charge on any atom is -0.317 e. The van der Waals surface area contributed by atoms with Gasteiger partial charge in [0, 0.05) is 18.6 Å². The molecule has 1 aromatic carbocycles. The molecule has 2 saturated carbocycles. The number of hydrogen-bond acceptors (Lipinski definition) is 5. The van der Waals surface area contributed by atoms with Crippen LogP contribution in [0.1, 0.15) is 56.1 Å². The molecule has 1 saturated heterocycles. The van der Waals surface area contributed by atoms with Crippen LogP contribution in [0.25, 0.3) is 0 Å². The van der Waals surface area contributed by atoms with Crippen molar-refractivity contribution in [1.29, 1.82) is 0 Å². The van der Waals surface area contributed by atoms with Gasteiger partial charge in [-0.1, -0.05) is 42.7 Å². The van der Waals surface area contributed by atoms with Crippen LogP contribution >= 0.6 is 11.8 Å². The molecule has 202 valence electrons. The van der Waals surface area contributed by atoms with Gasteiger partial charge in [-0.3, -0.25) is 14.8 Å². The van der Waals surface area contributed by atoms with Gasteiger partial charge in [-0.25, -0.2) is 4.79 Å². The van der Waals surface area contributed by atoms with Gasteiger partial charge in [0.2, 0.25) is 5.91 Å². The molecule has 2 aliphatic carbocycles. The molecular formula is C29H38N6O2S. The van der Waals surface area contributed by atoms with Crippen LogP contribution in [-0.2, 0) is 10.3 Å². The molecule has 2 N–H and O–H groups in total. The van der Waals surface area contributed by atoms with Crippen LogP contribution in [-0.4, -0.2) is 82.4 Å². The van der Waals surface area contributed by atoms with Crippen LogP contribution in [0.3, 0.4) is 0 Å². The minimum absolute atomic E-state index is 0.00308. The van der Waals surface area contributed by atoms with Crippen molar-refractivity contribution >= 4 is 29.5 Å². The molecule has 1 aliphatic heterocycles. The summed E-state index contributed by atoms with van der Waals surface area (Å²) in [6, 6.07) is 10.7. The molecule has 3 aliphatic rings. The summed E-state index contributed by atoms with van der Waals surface area (Å²) < 4.78 is 0. The van der Waals surface area contributed by atoms with Gasteiger partial charge < -0.3 is 15.1 Å². The van der Waals surface area contributed by atoms with Crippen molar-refractivity contribution in [2.24, 2.45) is 5.92 Å². The van der Waals surface area contributed by atoms with Crippen molar-refractivity contribution in [3.8, 4) is 12.3 Å². The number of anilines is 1. The van der Waals surface area contributed by atoms with E-state index in [9.17, 15) is 9.59 Å². The van der Waals surface area contributed by atoms with E-state index in [0.29, 0.717) is 28.9 Å². The van der Waals surface area contributed by atoms with Crippen molar-refractivity contribution in [1.82, 2.24) is 24.9 Å². The number of aromatic nitrogens is 2. The quantitative estimate of drug-likeness (QED) is 0.388. The molecule has 0 unspecified atom stereocenters. The van der Waals surface area contributed by atoms with Crippen LogP contribution in [0.2, 0.25) is 0 Å². The summed E-state index contributed by atoms with van der Waals surface area (Å²) >= 11 is 1.42. The molecule has 2 heterocycles. The topological polar surface area (TPSA) is 84.6 Å². The van der Waals surface area contributed by atoms with Gasteiger partial charge >= 0.3 is 6.03 Å². The van der Waals surface area contributed by atoms with Gasteiger partial charge in [-0.05, 0) is 70.4 Å². The van der Waals surface area contributed by atoms with Crippen molar-refractivity contribution < 1.29 is 9.59 Å². The number of carbonyl (C=O) groups is 2. The van der Waals surface area contributed by atoms with Crippen LogP contribution in [0.5, 0.6) is 0 Å². The number of nitrogens with one attached hydrogen (secondary N) is 2. The summed E-state index contributed by atoms with van der Waals surface area (Å²) in [5, 5.41) is 10.5. The fourth-order valence-corrected chi connectivity index (χ4v) is 7.06. The number of urea groups is 1. The Kier molecular flexibility index (Phi) is 7.47. The second kappa shape index (κ2) is 10.7. The first-order valence-corrected chi connectivity index (χ1v) is 14.7. The average Bonchev–Trinajstić information content (AvgIpc) is 3.39. The number of terminal acetylenes is 1. The first-order chi connectivity index (χ1) is 18.3. The Labute approximate surface area is 229 Å². The van der Waals surface area contributed by atoms with E-state index in [1.54, 1.807) is 4.90 Å². The molecule has 1 spiro atoms. The Morgan fingerprint density at radius 3 is 2.53 bits per heavy atom. The predicted octanol–water partition coefficient (Wildman–Crippen LogP) is 4.36. The lowest BCUT2D eigenvalue weighted by molar-refractivity contribution is -0.116. The number of H-pyrrole nitrogens is 1. The van der Waals surface area contributed by atoms with Crippen LogP contribution in [0, 0.1) is 18.3 Å². The lowest BCUT2D eigenvalue weighted by Gasteiger charge is -2.51. The Hall–Kier alpha value is -2.96. The standard InChI is InChI=1S/C29H38N6O2S/c1-5-23-25(31-32-26(23)38-4)30-24(36)19-34-20-28(35(27(34)37)18-21-10-9-11-21)14-16-29(17-15-28,33(2)3)22-12-7-6-8-13-22/h1,6-8,12-13,21H,9-11,14-20H2,2-4H3,(H2,30,31,32,36). The van der Waals surface area contributed by atoms with Crippen LogP contribution in [0.15, 0.2) is 35.4 Å². The first-order valence-electron chi connectivity index (χ1n) is 13.5. The highest BCUT2D eigenvalue weighted by Gasteiger charge is 2.55. The third-order valence-corrected chi connectivity index (χ3v) is 9.75. The van der Waals surface area contributed by atoms with Crippen molar-refractivity contribution in [2.45, 2.75) is 61.0 Å². The minimum atomic E-state index is -0.269. The molecule has 9 heteroatoms. The monoisotopic (exact) mass is 534 g/mol. The lowest BCUT2D eigenvalue weighted by atomic mass is 9.68. The van der Waals surface area contributed by atoms with E-state index < -0.39 is 0 Å². The van der Waals surface area contributed by atoms with Gasteiger partial charge in [0.25, 0.3) is 0 Å². The maximum atomic E-state index is 13.8. The molecule has 8 nitrogen and oxygen atoms in total. The Bertz CT molecular complexity index is 1210. The van der Waals surface area contributed by atoms with E-state index in [-0.39, 0.29) is 29.6 Å². The van der Waals surface area contributed by atoms with E-state index in [1.165, 1.54) is 36.6 Å². The SMILES string of the molecule is C#Cc1c(SC)n[nH]c1NC(=O)CN1CC2(CCC(c3ccccc3)(N(C)C)CC2)N(CC2CCC2)C1=O. The molecule has 2 aromatic rings. The second-order valence-electron chi connectivity index (χ2n) is 11.2. The lowest BCUT2D eigenvalue weighted by Crippen LogP contribution is -2.56. The summed E-state index contributed by atoms with van der Waals surface area (Å²) in [7, 11) is 4.33. The Balaban J connectivity index is 1.34. The van der Waals surface area contributed by atoms with Crippen molar-refractivity contribution in [3.05, 3.63) is 41.5 Å². The van der Waals surface area contributed by atoms with E-state index >= 15 is 0 Å². The van der Waals surface area contributed by atoms with Crippen LogP contribution < -0.4 is 5.32 Å². The number of benzene rings is 1. The largest absolute Gasteiger partial charge is 0.321 e. The molecule has 1 aromatic heterocycles. The number of rotatable bonds is 8. The van der Waals surface area contributed by atoms with Gasteiger partial charge in [0.1, 0.15) is 23.0 Å². The molecular weight excluding hydrogens is 496 g/mol. The summed E-state index contributed by atoms with van der Waals surface area (Å²) in [6.07, 6.45) is 14.9. The van der Waals surface area contributed by atoms with Gasteiger partial charge in [-0.15, -0.1) is 18.2 Å². The number of thioether (sulfide) groups is 1. The summed E-state index contributed by atoms with van der Waals surface area (Å²) in [5.41, 5.74) is 1.57. The zero-order valence-corrected chi connectivity index (χ0v) is 23.4. The second-order valence-corrected chi connectivity index (χ2v) is 12.0. The molecule has 0 atom stereocenters. The predicted molar refractivity (Wildman–Crippen MR) is 151 cm³/mol. The highest BCUT2D eigenvalue weighted by molar-refractivity contribution is 7.98.